The number of amides is 1. The molecule has 0 radical (unpaired) electrons. The molecular formula is C18H18FNO5. The largest absolute Gasteiger partial charge is 0.481 e. The fourth-order valence-corrected chi connectivity index (χ4v) is 2.93. The maximum absolute atomic E-state index is 13.0. The van der Waals surface area contributed by atoms with Crippen LogP contribution in [0.1, 0.15) is 29.8 Å². The van der Waals surface area contributed by atoms with Crippen molar-refractivity contribution < 1.29 is 28.2 Å². The Balaban J connectivity index is 1.76. The molecule has 0 aliphatic carbocycles. The van der Waals surface area contributed by atoms with E-state index in [1.165, 1.54) is 18.2 Å². The SMILES string of the molecule is O=C(O)CC1(NC(=O)c2ccc(-c3ccc(F)cc3)o2)CCOCC1. The molecule has 1 aromatic heterocycles. The van der Waals surface area contributed by atoms with Crippen molar-refractivity contribution in [3.05, 3.63) is 48.0 Å². The van der Waals surface area contributed by atoms with Gasteiger partial charge in [0, 0.05) is 18.8 Å². The van der Waals surface area contributed by atoms with Crippen LogP contribution in [0.15, 0.2) is 40.8 Å². The van der Waals surface area contributed by atoms with Gasteiger partial charge in [0.25, 0.3) is 5.91 Å². The third-order valence-corrected chi connectivity index (χ3v) is 4.28. The number of ether oxygens (including phenoxy) is 1. The number of carbonyl (C=O) groups is 2. The van der Waals surface area contributed by atoms with Crippen LogP contribution in [0.3, 0.4) is 0 Å². The minimum atomic E-state index is -0.978. The van der Waals surface area contributed by atoms with E-state index in [9.17, 15) is 14.0 Å². The molecule has 3 rings (SSSR count). The van der Waals surface area contributed by atoms with Gasteiger partial charge in [0.05, 0.1) is 12.0 Å². The topological polar surface area (TPSA) is 88.8 Å². The van der Waals surface area contributed by atoms with Gasteiger partial charge in [-0.2, -0.15) is 0 Å². The van der Waals surface area contributed by atoms with Crippen molar-refractivity contribution in [3.8, 4) is 11.3 Å². The number of furan rings is 1. The molecule has 1 fully saturated rings. The molecule has 2 heterocycles. The fourth-order valence-electron chi connectivity index (χ4n) is 2.93. The molecule has 0 saturated carbocycles. The van der Waals surface area contributed by atoms with E-state index in [1.807, 2.05) is 0 Å². The second kappa shape index (κ2) is 7.06. The van der Waals surface area contributed by atoms with E-state index in [-0.39, 0.29) is 18.0 Å². The Labute approximate surface area is 143 Å². The van der Waals surface area contributed by atoms with Gasteiger partial charge in [0.1, 0.15) is 11.6 Å². The van der Waals surface area contributed by atoms with Crippen LogP contribution in [-0.4, -0.2) is 35.7 Å². The van der Waals surface area contributed by atoms with Crippen LogP contribution in [0.4, 0.5) is 4.39 Å². The highest BCUT2D eigenvalue weighted by Gasteiger charge is 2.37. The summed E-state index contributed by atoms with van der Waals surface area (Å²) in [6.45, 7) is 0.791. The van der Waals surface area contributed by atoms with E-state index in [0.29, 0.717) is 37.4 Å². The maximum atomic E-state index is 13.0. The molecule has 0 unspecified atom stereocenters. The van der Waals surface area contributed by atoms with Crippen LogP contribution < -0.4 is 5.32 Å². The number of carboxylic acid groups (broad SMARTS) is 1. The van der Waals surface area contributed by atoms with Crippen molar-refractivity contribution in [2.75, 3.05) is 13.2 Å². The van der Waals surface area contributed by atoms with Crippen molar-refractivity contribution in [3.63, 3.8) is 0 Å². The predicted octanol–water partition coefficient (Wildman–Crippen LogP) is 2.84. The van der Waals surface area contributed by atoms with Crippen molar-refractivity contribution >= 4 is 11.9 Å². The number of rotatable bonds is 5. The minimum Gasteiger partial charge on any atom is -0.481 e. The first-order valence-corrected chi connectivity index (χ1v) is 7.95. The van der Waals surface area contributed by atoms with Crippen LogP contribution in [0.2, 0.25) is 0 Å². The first-order chi connectivity index (χ1) is 12.0. The number of carbonyl (C=O) groups excluding carboxylic acids is 1. The molecule has 25 heavy (non-hydrogen) atoms. The lowest BCUT2D eigenvalue weighted by Gasteiger charge is -2.36. The summed E-state index contributed by atoms with van der Waals surface area (Å²) in [5, 5.41) is 11.9. The lowest BCUT2D eigenvalue weighted by atomic mass is 9.86. The summed E-state index contributed by atoms with van der Waals surface area (Å²) >= 11 is 0. The van der Waals surface area contributed by atoms with E-state index < -0.39 is 17.4 Å². The van der Waals surface area contributed by atoms with Crippen LogP contribution in [0.25, 0.3) is 11.3 Å². The van der Waals surface area contributed by atoms with Crippen molar-refractivity contribution in [1.82, 2.24) is 5.32 Å². The number of hydrogen-bond acceptors (Lipinski definition) is 4. The first kappa shape index (κ1) is 17.2. The Morgan fingerprint density at radius 2 is 1.80 bits per heavy atom. The molecule has 2 N–H and O–H groups in total. The van der Waals surface area contributed by atoms with Crippen LogP contribution in [0, 0.1) is 5.82 Å². The van der Waals surface area contributed by atoms with Gasteiger partial charge in [-0.05, 0) is 49.2 Å². The molecular weight excluding hydrogens is 329 g/mol. The third kappa shape index (κ3) is 4.06. The van der Waals surface area contributed by atoms with E-state index in [2.05, 4.69) is 5.32 Å². The van der Waals surface area contributed by atoms with Gasteiger partial charge in [-0.25, -0.2) is 4.39 Å². The second-order valence-corrected chi connectivity index (χ2v) is 6.09. The molecule has 1 aromatic carbocycles. The Bertz CT molecular complexity index is 762. The zero-order valence-corrected chi connectivity index (χ0v) is 13.5. The molecule has 0 spiro atoms. The van der Waals surface area contributed by atoms with Gasteiger partial charge in [-0.15, -0.1) is 0 Å². The predicted molar refractivity (Wildman–Crippen MR) is 86.6 cm³/mol. The van der Waals surface area contributed by atoms with Crippen LogP contribution >= 0.6 is 0 Å². The summed E-state index contributed by atoms with van der Waals surface area (Å²) in [4.78, 5) is 23.7. The number of carboxylic acids is 1. The lowest BCUT2D eigenvalue weighted by molar-refractivity contribution is -0.139. The first-order valence-electron chi connectivity index (χ1n) is 7.95. The smallest absolute Gasteiger partial charge is 0.305 e. The Morgan fingerprint density at radius 1 is 1.12 bits per heavy atom. The second-order valence-electron chi connectivity index (χ2n) is 6.09. The highest BCUT2D eigenvalue weighted by atomic mass is 19.1. The van der Waals surface area contributed by atoms with Crippen molar-refractivity contribution in [2.45, 2.75) is 24.8 Å². The maximum Gasteiger partial charge on any atom is 0.305 e. The normalized spacial score (nSPS) is 16.4. The van der Waals surface area contributed by atoms with Gasteiger partial charge < -0.3 is 19.6 Å². The molecule has 1 aliphatic heterocycles. The lowest BCUT2D eigenvalue weighted by Crippen LogP contribution is -2.53. The van der Waals surface area contributed by atoms with Gasteiger partial charge in [-0.1, -0.05) is 0 Å². The Hall–Kier alpha value is -2.67. The number of nitrogens with one attached hydrogen (secondary N) is 1. The van der Waals surface area contributed by atoms with E-state index in [4.69, 9.17) is 14.3 Å². The van der Waals surface area contributed by atoms with E-state index >= 15 is 0 Å². The van der Waals surface area contributed by atoms with Crippen molar-refractivity contribution in [1.29, 1.82) is 0 Å². The molecule has 1 amide bonds. The van der Waals surface area contributed by atoms with E-state index in [1.54, 1.807) is 18.2 Å². The molecule has 6 nitrogen and oxygen atoms in total. The molecule has 1 saturated heterocycles. The highest BCUT2D eigenvalue weighted by molar-refractivity contribution is 5.93. The summed E-state index contributed by atoms with van der Waals surface area (Å²) in [6, 6.07) is 8.86. The van der Waals surface area contributed by atoms with Gasteiger partial charge in [-0.3, -0.25) is 9.59 Å². The number of hydrogen-bond donors (Lipinski definition) is 2. The molecule has 132 valence electrons. The van der Waals surface area contributed by atoms with Crippen LogP contribution in [-0.2, 0) is 9.53 Å². The molecule has 0 atom stereocenters. The minimum absolute atomic E-state index is 0.0792. The van der Waals surface area contributed by atoms with Gasteiger partial charge in [0.2, 0.25) is 0 Å². The number of benzene rings is 1. The van der Waals surface area contributed by atoms with Crippen molar-refractivity contribution in [2.24, 2.45) is 0 Å². The monoisotopic (exact) mass is 347 g/mol. The Kier molecular flexibility index (Phi) is 4.85. The number of halogens is 1. The quantitative estimate of drug-likeness (QED) is 0.868. The van der Waals surface area contributed by atoms with E-state index in [0.717, 1.165) is 0 Å². The number of aliphatic carboxylic acids is 1. The summed E-state index contributed by atoms with van der Waals surface area (Å²) in [5.74, 6) is -1.30. The third-order valence-electron chi connectivity index (χ3n) is 4.28. The van der Waals surface area contributed by atoms with Gasteiger partial charge >= 0.3 is 5.97 Å². The molecule has 2 aromatic rings. The summed E-state index contributed by atoms with van der Waals surface area (Å²) in [6.07, 6.45) is 0.681. The zero-order chi connectivity index (χ0) is 17.9. The highest BCUT2D eigenvalue weighted by Crippen LogP contribution is 2.27. The molecule has 0 bridgehead atoms. The summed E-state index contributed by atoms with van der Waals surface area (Å²) < 4.78 is 23.8. The molecule has 1 aliphatic rings. The van der Waals surface area contributed by atoms with Crippen LogP contribution in [0.5, 0.6) is 0 Å². The Morgan fingerprint density at radius 3 is 2.44 bits per heavy atom. The average molecular weight is 347 g/mol. The standard InChI is InChI=1S/C18H18FNO5/c19-13-3-1-12(2-4-13)14-5-6-15(25-14)17(23)20-18(11-16(21)22)7-9-24-10-8-18/h1-6H,7-11H2,(H,20,23)(H,21,22). The summed E-state index contributed by atoms with van der Waals surface area (Å²) in [5.41, 5.74) is -0.198. The zero-order valence-electron chi connectivity index (χ0n) is 13.5. The summed E-state index contributed by atoms with van der Waals surface area (Å²) in [7, 11) is 0. The fraction of sp³-hybridized carbons (Fsp3) is 0.333. The van der Waals surface area contributed by atoms with Gasteiger partial charge in [0.15, 0.2) is 5.76 Å². The average Bonchev–Trinajstić information content (AvgIpc) is 3.05. The molecule has 7 heteroatoms.